The van der Waals surface area contributed by atoms with E-state index in [1.165, 1.54) is 0 Å². The standard InChI is InChI=1S/C23H27NO4/c1-23(2,3)19-9-4-5-10-20(19)28-18-14-24(15-18)22(27)17-8-6-7-16(13-17)11-12-21(25)26/h4-10,13,18H,11-12,14-15H2,1-3H3,(H,25,26). The SMILES string of the molecule is CC(C)(C)c1ccccc1OC1CN(C(=O)c2cccc(CCC(=O)O)c2)C1. The zero-order chi connectivity index (χ0) is 20.3. The highest BCUT2D eigenvalue weighted by Crippen LogP contribution is 2.32. The second-order valence-corrected chi connectivity index (χ2v) is 8.29. The number of carboxylic acid groups (broad SMARTS) is 1. The molecule has 2 aromatic rings. The van der Waals surface area contributed by atoms with Crippen LogP contribution in [0.1, 0.15) is 48.7 Å². The summed E-state index contributed by atoms with van der Waals surface area (Å²) in [6.45, 7) is 7.57. The van der Waals surface area contributed by atoms with Crippen molar-refractivity contribution < 1.29 is 19.4 Å². The van der Waals surface area contributed by atoms with E-state index in [2.05, 4.69) is 26.8 Å². The Bertz CT molecular complexity index is 863. The molecule has 0 aromatic heterocycles. The molecule has 1 fully saturated rings. The first-order valence-corrected chi connectivity index (χ1v) is 9.60. The quantitative estimate of drug-likeness (QED) is 0.824. The molecule has 2 aromatic carbocycles. The Morgan fingerprint density at radius 1 is 1.11 bits per heavy atom. The molecule has 1 amide bonds. The molecule has 148 valence electrons. The van der Waals surface area contributed by atoms with Gasteiger partial charge < -0.3 is 14.7 Å². The van der Waals surface area contributed by atoms with E-state index in [-0.39, 0.29) is 23.8 Å². The molecule has 1 aliphatic rings. The number of aliphatic carboxylic acids is 1. The topological polar surface area (TPSA) is 66.8 Å². The molecule has 0 unspecified atom stereocenters. The fourth-order valence-corrected chi connectivity index (χ4v) is 3.34. The van der Waals surface area contributed by atoms with Crippen LogP contribution in [-0.4, -0.2) is 41.1 Å². The number of benzene rings is 2. The molecule has 0 aliphatic carbocycles. The molecule has 3 rings (SSSR count). The number of hydrogen-bond acceptors (Lipinski definition) is 3. The van der Waals surface area contributed by atoms with Crippen LogP contribution in [0.2, 0.25) is 0 Å². The lowest BCUT2D eigenvalue weighted by atomic mass is 9.86. The molecule has 1 heterocycles. The number of ether oxygens (including phenoxy) is 1. The van der Waals surface area contributed by atoms with Gasteiger partial charge in [0, 0.05) is 12.0 Å². The summed E-state index contributed by atoms with van der Waals surface area (Å²) in [5.41, 5.74) is 2.61. The fraction of sp³-hybridized carbons (Fsp3) is 0.391. The number of carbonyl (C=O) groups is 2. The van der Waals surface area contributed by atoms with Crippen molar-refractivity contribution in [3.8, 4) is 5.75 Å². The molecule has 5 nitrogen and oxygen atoms in total. The summed E-state index contributed by atoms with van der Waals surface area (Å²) in [5.74, 6) is -0.00102. The van der Waals surface area contributed by atoms with E-state index in [1.54, 1.807) is 23.1 Å². The van der Waals surface area contributed by atoms with Crippen LogP contribution in [0.15, 0.2) is 48.5 Å². The van der Waals surface area contributed by atoms with Crippen LogP contribution in [-0.2, 0) is 16.6 Å². The summed E-state index contributed by atoms with van der Waals surface area (Å²) in [6.07, 6.45) is 0.471. The maximum absolute atomic E-state index is 12.7. The highest BCUT2D eigenvalue weighted by Gasteiger charge is 2.33. The third-order valence-electron chi connectivity index (χ3n) is 4.93. The number of hydrogen-bond donors (Lipinski definition) is 1. The van der Waals surface area contributed by atoms with Gasteiger partial charge in [-0.3, -0.25) is 9.59 Å². The van der Waals surface area contributed by atoms with Crippen LogP contribution < -0.4 is 4.74 Å². The molecule has 0 spiro atoms. The predicted molar refractivity (Wildman–Crippen MR) is 108 cm³/mol. The number of carbonyl (C=O) groups excluding carboxylic acids is 1. The number of carboxylic acids is 1. The molecule has 0 saturated carbocycles. The minimum Gasteiger partial charge on any atom is -0.486 e. The minimum absolute atomic E-state index is 0.00770. The van der Waals surface area contributed by atoms with Crippen molar-refractivity contribution in [2.24, 2.45) is 0 Å². The normalized spacial score (nSPS) is 14.5. The van der Waals surface area contributed by atoms with Gasteiger partial charge in [0.2, 0.25) is 0 Å². The molecule has 1 N–H and O–H groups in total. The first-order valence-electron chi connectivity index (χ1n) is 9.60. The van der Waals surface area contributed by atoms with Crippen molar-refractivity contribution in [3.05, 3.63) is 65.2 Å². The molecule has 1 saturated heterocycles. The van der Waals surface area contributed by atoms with Crippen molar-refractivity contribution in [2.45, 2.75) is 45.1 Å². The Kier molecular flexibility index (Phi) is 5.73. The number of likely N-dealkylation sites (tertiary alicyclic amines) is 1. The zero-order valence-corrected chi connectivity index (χ0v) is 16.6. The lowest BCUT2D eigenvalue weighted by Gasteiger charge is -2.40. The number of nitrogens with zero attached hydrogens (tertiary/aromatic N) is 1. The van der Waals surface area contributed by atoms with Gasteiger partial charge in [-0.15, -0.1) is 0 Å². The molecule has 0 radical (unpaired) electrons. The van der Waals surface area contributed by atoms with Gasteiger partial charge in [-0.2, -0.15) is 0 Å². The fourth-order valence-electron chi connectivity index (χ4n) is 3.34. The van der Waals surface area contributed by atoms with E-state index >= 15 is 0 Å². The highest BCUT2D eigenvalue weighted by atomic mass is 16.5. The summed E-state index contributed by atoms with van der Waals surface area (Å²) in [5, 5.41) is 8.82. The Labute approximate surface area is 165 Å². The van der Waals surface area contributed by atoms with Gasteiger partial charge in [0.25, 0.3) is 5.91 Å². The van der Waals surface area contributed by atoms with Crippen molar-refractivity contribution in [1.29, 1.82) is 0 Å². The van der Waals surface area contributed by atoms with Crippen molar-refractivity contribution in [1.82, 2.24) is 4.90 Å². The number of aryl methyl sites for hydroxylation is 1. The molecule has 28 heavy (non-hydrogen) atoms. The van der Waals surface area contributed by atoms with Gasteiger partial charge in [-0.05, 0) is 41.2 Å². The van der Waals surface area contributed by atoms with E-state index in [0.29, 0.717) is 25.1 Å². The summed E-state index contributed by atoms with van der Waals surface area (Å²) in [6, 6.07) is 15.3. The third kappa shape index (κ3) is 4.71. The number of amides is 1. The Morgan fingerprint density at radius 3 is 2.50 bits per heavy atom. The largest absolute Gasteiger partial charge is 0.486 e. The van der Waals surface area contributed by atoms with Crippen LogP contribution in [0.4, 0.5) is 0 Å². The molecule has 0 bridgehead atoms. The molecular weight excluding hydrogens is 354 g/mol. The lowest BCUT2D eigenvalue weighted by molar-refractivity contribution is -0.136. The second kappa shape index (κ2) is 8.05. The Hall–Kier alpha value is -2.82. The average Bonchev–Trinajstić information content (AvgIpc) is 2.62. The predicted octanol–water partition coefficient (Wildman–Crippen LogP) is 3.90. The number of rotatable bonds is 6. The van der Waals surface area contributed by atoms with Crippen LogP contribution in [0.3, 0.4) is 0 Å². The molecule has 1 aliphatic heterocycles. The van der Waals surface area contributed by atoms with Gasteiger partial charge in [0.15, 0.2) is 0 Å². The van der Waals surface area contributed by atoms with E-state index in [0.717, 1.165) is 16.9 Å². The van der Waals surface area contributed by atoms with Crippen LogP contribution >= 0.6 is 0 Å². The summed E-state index contributed by atoms with van der Waals surface area (Å²) in [4.78, 5) is 25.2. The van der Waals surface area contributed by atoms with Gasteiger partial charge in [-0.1, -0.05) is 51.1 Å². The Morgan fingerprint density at radius 2 is 1.82 bits per heavy atom. The molecule has 0 atom stereocenters. The summed E-state index contributed by atoms with van der Waals surface area (Å²) in [7, 11) is 0. The van der Waals surface area contributed by atoms with Gasteiger partial charge in [0.1, 0.15) is 11.9 Å². The molecule has 5 heteroatoms. The zero-order valence-electron chi connectivity index (χ0n) is 16.6. The Balaban J connectivity index is 1.59. The van der Waals surface area contributed by atoms with E-state index in [1.807, 2.05) is 24.3 Å². The second-order valence-electron chi connectivity index (χ2n) is 8.29. The van der Waals surface area contributed by atoms with Crippen molar-refractivity contribution >= 4 is 11.9 Å². The van der Waals surface area contributed by atoms with Crippen molar-refractivity contribution in [3.63, 3.8) is 0 Å². The van der Waals surface area contributed by atoms with Crippen LogP contribution in [0, 0.1) is 0 Å². The van der Waals surface area contributed by atoms with Gasteiger partial charge >= 0.3 is 5.97 Å². The van der Waals surface area contributed by atoms with Crippen LogP contribution in [0.5, 0.6) is 5.75 Å². The summed E-state index contributed by atoms with van der Waals surface area (Å²) < 4.78 is 6.15. The van der Waals surface area contributed by atoms with E-state index in [9.17, 15) is 9.59 Å². The molecular formula is C23H27NO4. The first kappa shape index (κ1) is 19.9. The maximum Gasteiger partial charge on any atom is 0.303 e. The average molecular weight is 381 g/mol. The van der Waals surface area contributed by atoms with Crippen molar-refractivity contribution in [2.75, 3.05) is 13.1 Å². The smallest absolute Gasteiger partial charge is 0.303 e. The highest BCUT2D eigenvalue weighted by molar-refractivity contribution is 5.95. The van der Waals surface area contributed by atoms with Crippen LogP contribution in [0.25, 0.3) is 0 Å². The van der Waals surface area contributed by atoms with Gasteiger partial charge in [-0.25, -0.2) is 0 Å². The maximum atomic E-state index is 12.7. The third-order valence-corrected chi connectivity index (χ3v) is 4.93. The monoisotopic (exact) mass is 381 g/mol. The van der Waals surface area contributed by atoms with Gasteiger partial charge in [0.05, 0.1) is 13.1 Å². The van der Waals surface area contributed by atoms with E-state index in [4.69, 9.17) is 9.84 Å². The summed E-state index contributed by atoms with van der Waals surface area (Å²) >= 11 is 0. The number of para-hydroxylation sites is 1. The minimum atomic E-state index is -0.838. The lowest BCUT2D eigenvalue weighted by Crippen LogP contribution is -2.56. The van der Waals surface area contributed by atoms with E-state index < -0.39 is 5.97 Å². The first-order chi connectivity index (χ1) is 13.2.